The highest BCUT2D eigenvalue weighted by molar-refractivity contribution is 5.60. The molecule has 0 saturated heterocycles. The second-order valence-electron chi connectivity index (χ2n) is 12.6. The molecule has 0 saturated carbocycles. The predicted molar refractivity (Wildman–Crippen MR) is 186 cm³/mol. The van der Waals surface area contributed by atoms with E-state index in [1.165, 1.54) is 11.1 Å². The highest BCUT2D eigenvalue weighted by Gasteiger charge is 2.31. The summed E-state index contributed by atoms with van der Waals surface area (Å²) in [5.74, 6) is 4.68. The van der Waals surface area contributed by atoms with E-state index in [2.05, 4.69) is 60.3 Å². The molecule has 1 N–H and O–H groups in total. The topological polar surface area (TPSA) is 82.1 Å². The first-order valence-electron chi connectivity index (χ1n) is 16.3. The van der Waals surface area contributed by atoms with Crippen LogP contribution < -0.4 is 28.4 Å². The van der Waals surface area contributed by atoms with Gasteiger partial charge in [-0.2, -0.15) is 0 Å². The van der Waals surface area contributed by atoms with Crippen LogP contribution in [-0.4, -0.2) is 77.6 Å². The van der Waals surface area contributed by atoms with Crippen LogP contribution in [-0.2, 0) is 25.7 Å². The fourth-order valence-electron chi connectivity index (χ4n) is 7.15. The molecule has 2 aliphatic heterocycles. The number of benzene rings is 4. The molecule has 0 bridgehead atoms. The van der Waals surface area contributed by atoms with Crippen molar-refractivity contribution in [3.63, 3.8) is 0 Å². The minimum absolute atomic E-state index is 0.0760. The van der Waals surface area contributed by atoms with Crippen molar-refractivity contribution in [3.05, 3.63) is 94.0 Å². The van der Waals surface area contributed by atoms with Crippen LogP contribution in [0.1, 0.15) is 45.5 Å². The summed E-state index contributed by atoms with van der Waals surface area (Å²) in [6.45, 7) is 1.80. The lowest BCUT2D eigenvalue weighted by Crippen LogP contribution is -2.33. The number of ether oxygens (including phenoxy) is 6. The van der Waals surface area contributed by atoms with Crippen LogP contribution in [0.15, 0.2) is 60.7 Å². The minimum atomic E-state index is 0.0760. The molecule has 0 aromatic heterocycles. The maximum atomic E-state index is 11.0. The molecule has 6 rings (SSSR count). The van der Waals surface area contributed by atoms with Gasteiger partial charge in [-0.1, -0.05) is 18.2 Å². The molecule has 0 spiro atoms. The van der Waals surface area contributed by atoms with E-state index in [4.69, 9.17) is 28.4 Å². The number of methoxy groups -OCH3 is 5. The van der Waals surface area contributed by atoms with Gasteiger partial charge in [0.15, 0.2) is 34.5 Å². The number of likely N-dealkylation sites (N-methyl/N-ethyl adjacent to an activating group) is 2. The van der Waals surface area contributed by atoms with Gasteiger partial charge in [0.2, 0.25) is 5.75 Å². The first-order chi connectivity index (χ1) is 23.3. The molecule has 9 heteroatoms. The molecular formula is C39H46N2O7. The number of fused-ring (bicyclic) bond motifs is 2. The number of phenolic OH excluding ortho intramolecular Hbond substituents is 1. The molecule has 0 aliphatic carbocycles. The van der Waals surface area contributed by atoms with E-state index < -0.39 is 0 Å². The fraction of sp³-hybridized carbons (Fsp3) is 0.385. The Balaban J connectivity index is 1.21. The molecule has 48 heavy (non-hydrogen) atoms. The SMILES string of the molecule is COc1cc2c(cc1OC)C(Cc1ccc(OC)c(Oc3ccc(CC4c5cc(OC)c(OC)c(O)c5CCN4C)cc3)c1)N(C)CC2. The molecule has 4 aromatic rings. The van der Waals surface area contributed by atoms with Crippen molar-refractivity contribution >= 4 is 0 Å². The quantitative estimate of drug-likeness (QED) is 0.188. The van der Waals surface area contributed by atoms with E-state index in [1.807, 2.05) is 24.3 Å². The van der Waals surface area contributed by atoms with E-state index in [-0.39, 0.29) is 17.8 Å². The third-order valence-electron chi connectivity index (χ3n) is 9.90. The lowest BCUT2D eigenvalue weighted by atomic mass is 9.88. The Bertz CT molecular complexity index is 1760. The number of phenols is 1. The zero-order chi connectivity index (χ0) is 33.9. The van der Waals surface area contributed by atoms with Crippen LogP contribution in [0, 0.1) is 0 Å². The molecule has 2 atom stereocenters. The van der Waals surface area contributed by atoms with Gasteiger partial charge in [-0.25, -0.2) is 0 Å². The Morgan fingerprint density at radius 3 is 1.85 bits per heavy atom. The van der Waals surface area contributed by atoms with Crippen molar-refractivity contribution in [3.8, 4) is 46.0 Å². The van der Waals surface area contributed by atoms with Gasteiger partial charge >= 0.3 is 0 Å². The average molecular weight is 655 g/mol. The third-order valence-corrected chi connectivity index (χ3v) is 9.90. The molecule has 0 amide bonds. The van der Waals surface area contributed by atoms with Gasteiger partial charge in [0.25, 0.3) is 0 Å². The summed E-state index contributed by atoms with van der Waals surface area (Å²) in [6, 6.07) is 20.9. The summed E-state index contributed by atoms with van der Waals surface area (Å²) in [6.07, 6.45) is 3.28. The van der Waals surface area contributed by atoms with Gasteiger partial charge in [0.05, 0.1) is 35.5 Å². The first kappa shape index (κ1) is 33.3. The van der Waals surface area contributed by atoms with Crippen molar-refractivity contribution in [2.45, 2.75) is 37.8 Å². The Kier molecular flexibility index (Phi) is 9.89. The fourth-order valence-corrected chi connectivity index (χ4v) is 7.15. The maximum absolute atomic E-state index is 11.0. The molecule has 2 heterocycles. The molecule has 9 nitrogen and oxygen atoms in total. The van der Waals surface area contributed by atoms with Crippen LogP contribution in [0.4, 0.5) is 0 Å². The van der Waals surface area contributed by atoms with Gasteiger partial charge < -0.3 is 33.5 Å². The second-order valence-corrected chi connectivity index (χ2v) is 12.6. The van der Waals surface area contributed by atoms with Gasteiger partial charge in [-0.15, -0.1) is 0 Å². The van der Waals surface area contributed by atoms with E-state index in [0.717, 1.165) is 78.3 Å². The Labute approximate surface area is 283 Å². The van der Waals surface area contributed by atoms with Crippen LogP contribution in [0.3, 0.4) is 0 Å². The van der Waals surface area contributed by atoms with Crippen molar-refractivity contribution in [1.82, 2.24) is 9.80 Å². The zero-order valence-electron chi connectivity index (χ0n) is 29.0. The third kappa shape index (κ3) is 6.44. The monoisotopic (exact) mass is 654 g/mol. The summed E-state index contributed by atoms with van der Waals surface area (Å²) in [7, 11) is 12.5. The normalized spacial score (nSPS) is 17.6. The first-order valence-corrected chi connectivity index (χ1v) is 16.3. The standard InChI is InChI=1S/C39H46N2O7/c1-40-16-14-26-21-34(44-4)35(45-5)22-29(26)31(40)19-25-10-13-33(43-3)36(20-25)48-27-11-8-24(9-12-27)18-32-30-23-37(46-6)39(47-7)38(42)28(30)15-17-41(32)2/h8-13,20-23,31-32,42H,14-19H2,1-7H3. The van der Waals surface area contributed by atoms with E-state index >= 15 is 0 Å². The van der Waals surface area contributed by atoms with Gasteiger partial charge in [-0.3, -0.25) is 9.80 Å². The smallest absolute Gasteiger partial charge is 0.203 e. The minimum Gasteiger partial charge on any atom is -0.504 e. The number of hydrogen-bond acceptors (Lipinski definition) is 9. The van der Waals surface area contributed by atoms with Gasteiger partial charge in [0.1, 0.15) is 5.75 Å². The Hall–Kier alpha value is -4.60. The van der Waals surface area contributed by atoms with Crippen molar-refractivity contribution in [1.29, 1.82) is 0 Å². The summed E-state index contributed by atoms with van der Waals surface area (Å²) in [4.78, 5) is 4.72. The van der Waals surface area contributed by atoms with Crippen LogP contribution in [0.5, 0.6) is 46.0 Å². The molecular weight excluding hydrogens is 608 g/mol. The highest BCUT2D eigenvalue weighted by Crippen LogP contribution is 2.46. The molecule has 0 radical (unpaired) electrons. The lowest BCUT2D eigenvalue weighted by molar-refractivity contribution is 0.224. The van der Waals surface area contributed by atoms with Crippen molar-refractivity contribution < 1.29 is 33.5 Å². The summed E-state index contributed by atoms with van der Waals surface area (Å²) >= 11 is 0. The van der Waals surface area contributed by atoms with Crippen molar-refractivity contribution in [2.75, 3.05) is 62.7 Å². The molecule has 0 fully saturated rings. The van der Waals surface area contributed by atoms with E-state index in [0.29, 0.717) is 23.0 Å². The van der Waals surface area contributed by atoms with Crippen LogP contribution in [0.25, 0.3) is 0 Å². The molecule has 254 valence electrons. The van der Waals surface area contributed by atoms with Crippen LogP contribution in [0.2, 0.25) is 0 Å². The highest BCUT2D eigenvalue weighted by atomic mass is 16.5. The predicted octanol–water partition coefficient (Wildman–Crippen LogP) is 6.77. The molecule has 4 aromatic carbocycles. The largest absolute Gasteiger partial charge is 0.504 e. The van der Waals surface area contributed by atoms with Crippen molar-refractivity contribution in [2.24, 2.45) is 0 Å². The van der Waals surface area contributed by atoms with Gasteiger partial charge in [0, 0.05) is 30.7 Å². The Morgan fingerprint density at radius 2 is 1.19 bits per heavy atom. The second kappa shape index (κ2) is 14.3. The summed E-state index contributed by atoms with van der Waals surface area (Å²) in [5, 5.41) is 11.0. The summed E-state index contributed by atoms with van der Waals surface area (Å²) in [5.41, 5.74) is 6.84. The average Bonchev–Trinajstić information content (AvgIpc) is 3.10. The van der Waals surface area contributed by atoms with Gasteiger partial charge in [-0.05, 0) is 110 Å². The number of rotatable bonds is 11. The molecule has 2 aliphatic rings. The number of nitrogens with zero attached hydrogens (tertiary/aromatic N) is 2. The maximum Gasteiger partial charge on any atom is 0.203 e. The van der Waals surface area contributed by atoms with E-state index in [9.17, 15) is 5.11 Å². The van der Waals surface area contributed by atoms with Crippen LogP contribution >= 0.6 is 0 Å². The lowest BCUT2D eigenvalue weighted by Gasteiger charge is -2.35. The zero-order valence-corrected chi connectivity index (χ0v) is 29.0. The van der Waals surface area contributed by atoms with E-state index in [1.54, 1.807) is 35.5 Å². The number of aromatic hydroxyl groups is 1. The molecule has 2 unspecified atom stereocenters. The summed E-state index contributed by atoms with van der Waals surface area (Å²) < 4.78 is 34.4. The number of hydrogen-bond donors (Lipinski definition) is 1. The Morgan fingerprint density at radius 1 is 0.604 bits per heavy atom.